The fraction of sp³-hybridized carbons (Fsp3) is 0.148. The second-order valence-electron chi connectivity index (χ2n) is 8.19. The lowest BCUT2D eigenvalue weighted by molar-refractivity contribution is -0.117. The van der Waals surface area contributed by atoms with E-state index < -0.39 is 0 Å². The van der Waals surface area contributed by atoms with E-state index in [1.807, 2.05) is 85.8 Å². The molecule has 8 heteroatoms. The molecule has 1 aliphatic rings. The first-order chi connectivity index (χ1) is 17.1. The van der Waals surface area contributed by atoms with E-state index in [0.717, 1.165) is 11.1 Å². The molecule has 1 N–H and O–H groups in total. The van der Waals surface area contributed by atoms with E-state index in [4.69, 9.17) is 4.98 Å². The molecule has 0 bridgehead atoms. The lowest BCUT2D eigenvalue weighted by Crippen LogP contribution is -2.40. The summed E-state index contributed by atoms with van der Waals surface area (Å²) >= 11 is 1.24. The molecule has 0 saturated heterocycles. The fourth-order valence-electron chi connectivity index (χ4n) is 4.12. The molecule has 174 valence electrons. The molecule has 2 amide bonds. The predicted molar refractivity (Wildman–Crippen MR) is 138 cm³/mol. The lowest BCUT2D eigenvalue weighted by atomic mass is 10.0. The highest BCUT2D eigenvalue weighted by molar-refractivity contribution is 7.99. The van der Waals surface area contributed by atoms with Crippen molar-refractivity contribution in [2.24, 2.45) is 0 Å². The number of carbonyl (C=O) groups excluding carboxylic acids is 2. The van der Waals surface area contributed by atoms with Crippen molar-refractivity contribution >= 4 is 35.0 Å². The summed E-state index contributed by atoms with van der Waals surface area (Å²) in [5.74, 6) is -0.110. The van der Waals surface area contributed by atoms with E-state index in [1.54, 1.807) is 11.0 Å². The number of nitrogens with one attached hydrogen (secondary N) is 1. The Morgan fingerprint density at radius 1 is 0.914 bits per heavy atom. The normalized spacial score (nSPS) is 15.2. The van der Waals surface area contributed by atoms with Crippen LogP contribution in [0.2, 0.25) is 0 Å². The number of rotatable bonds is 5. The van der Waals surface area contributed by atoms with Gasteiger partial charge in [0.05, 0.1) is 17.1 Å². The minimum Gasteiger partial charge on any atom is -0.324 e. The van der Waals surface area contributed by atoms with Crippen LogP contribution in [0.15, 0.2) is 90.1 Å². The first-order valence-electron chi connectivity index (χ1n) is 11.3. The van der Waals surface area contributed by atoms with Gasteiger partial charge < -0.3 is 10.2 Å². The van der Waals surface area contributed by atoms with E-state index in [9.17, 15) is 9.59 Å². The SMILES string of the molecule is CC1CC(=O)Nc2ccccc2N1C(=O)CSc1nnc(-c2ccccc2)c(-c2ccccc2)n1. The zero-order valence-corrected chi connectivity index (χ0v) is 19.9. The number of hydrogen-bond donors (Lipinski definition) is 1. The molecular weight excluding hydrogens is 458 g/mol. The molecule has 4 aromatic rings. The molecule has 0 spiro atoms. The summed E-state index contributed by atoms with van der Waals surface area (Å²) in [4.78, 5) is 32.0. The number of nitrogens with zero attached hydrogens (tertiary/aromatic N) is 4. The minimum atomic E-state index is -0.272. The third kappa shape index (κ3) is 4.93. The summed E-state index contributed by atoms with van der Waals surface area (Å²) in [6, 6.07) is 26.7. The van der Waals surface area contributed by atoms with E-state index in [0.29, 0.717) is 27.9 Å². The molecule has 35 heavy (non-hydrogen) atoms. The van der Waals surface area contributed by atoms with E-state index >= 15 is 0 Å². The number of aromatic nitrogens is 3. The summed E-state index contributed by atoms with van der Waals surface area (Å²) in [6.07, 6.45) is 0.229. The quantitative estimate of drug-likeness (QED) is 0.401. The summed E-state index contributed by atoms with van der Waals surface area (Å²) in [7, 11) is 0. The number of hydrogen-bond acceptors (Lipinski definition) is 6. The molecule has 1 unspecified atom stereocenters. The van der Waals surface area contributed by atoms with Gasteiger partial charge in [-0.15, -0.1) is 10.2 Å². The topological polar surface area (TPSA) is 88.1 Å². The molecule has 1 aromatic heterocycles. The molecule has 0 aliphatic carbocycles. The van der Waals surface area contributed by atoms with Crippen LogP contribution in [0.25, 0.3) is 22.5 Å². The number of carbonyl (C=O) groups is 2. The van der Waals surface area contributed by atoms with Crippen molar-refractivity contribution in [2.45, 2.75) is 24.5 Å². The number of amides is 2. The predicted octanol–water partition coefficient (Wildman–Crippen LogP) is 5.06. The van der Waals surface area contributed by atoms with E-state index in [1.165, 1.54) is 11.8 Å². The van der Waals surface area contributed by atoms with Crippen molar-refractivity contribution < 1.29 is 9.59 Å². The van der Waals surface area contributed by atoms with Gasteiger partial charge in [-0.3, -0.25) is 9.59 Å². The Labute approximate surface area is 207 Å². The van der Waals surface area contributed by atoms with Crippen molar-refractivity contribution in [3.8, 4) is 22.5 Å². The van der Waals surface area contributed by atoms with Crippen molar-refractivity contribution in [1.29, 1.82) is 0 Å². The van der Waals surface area contributed by atoms with Crippen molar-refractivity contribution in [1.82, 2.24) is 15.2 Å². The molecule has 2 heterocycles. The second-order valence-corrected chi connectivity index (χ2v) is 9.14. The summed E-state index contributed by atoms with van der Waals surface area (Å²) in [5, 5.41) is 12.1. The number of fused-ring (bicyclic) bond motifs is 1. The van der Waals surface area contributed by atoms with Crippen LogP contribution in [0.5, 0.6) is 0 Å². The van der Waals surface area contributed by atoms with Crippen LogP contribution in [0.1, 0.15) is 13.3 Å². The van der Waals surface area contributed by atoms with Gasteiger partial charge in [-0.1, -0.05) is 84.6 Å². The lowest BCUT2D eigenvalue weighted by Gasteiger charge is -2.27. The molecule has 3 aromatic carbocycles. The second kappa shape index (κ2) is 10.1. The number of thioether (sulfide) groups is 1. The van der Waals surface area contributed by atoms with E-state index in [-0.39, 0.29) is 30.0 Å². The van der Waals surface area contributed by atoms with Gasteiger partial charge in [0, 0.05) is 23.6 Å². The molecule has 5 rings (SSSR count). The van der Waals surface area contributed by atoms with Gasteiger partial charge in [-0.05, 0) is 19.1 Å². The maximum absolute atomic E-state index is 13.3. The van der Waals surface area contributed by atoms with Crippen molar-refractivity contribution in [3.05, 3.63) is 84.9 Å². The molecule has 1 aliphatic heterocycles. The highest BCUT2D eigenvalue weighted by Gasteiger charge is 2.29. The van der Waals surface area contributed by atoms with Crippen LogP contribution in [0.4, 0.5) is 11.4 Å². The Hall–Kier alpha value is -4.04. The molecule has 0 radical (unpaired) electrons. The molecule has 0 fully saturated rings. The van der Waals surface area contributed by atoms with Crippen LogP contribution in [-0.2, 0) is 9.59 Å². The fourth-order valence-corrected chi connectivity index (χ4v) is 4.77. The molecule has 1 atom stereocenters. The van der Waals surface area contributed by atoms with Gasteiger partial charge in [-0.25, -0.2) is 4.98 Å². The van der Waals surface area contributed by atoms with Gasteiger partial charge in [0.25, 0.3) is 0 Å². The number of anilines is 2. The zero-order valence-electron chi connectivity index (χ0n) is 19.1. The maximum atomic E-state index is 13.3. The smallest absolute Gasteiger partial charge is 0.237 e. The average Bonchev–Trinajstić information content (AvgIpc) is 3.02. The van der Waals surface area contributed by atoms with Crippen LogP contribution in [0, 0.1) is 0 Å². The summed E-state index contributed by atoms with van der Waals surface area (Å²) < 4.78 is 0. The van der Waals surface area contributed by atoms with Crippen LogP contribution in [0.3, 0.4) is 0 Å². The Bertz CT molecular complexity index is 1360. The Kier molecular flexibility index (Phi) is 6.54. The van der Waals surface area contributed by atoms with Crippen LogP contribution in [-0.4, -0.2) is 38.8 Å². The number of benzene rings is 3. The third-order valence-corrected chi connectivity index (χ3v) is 6.54. The first kappa shape index (κ1) is 22.7. The summed E-state index contributed by atoms with van der Waals surface area (Å²) in [5.41, 5.74) is 4.58. The molecular formula is C27H23N5O2S. The van der Waals surface area contributed by atoms with Crippen molar-refractivity contribution in [3.63, 3.8) is 0 Å². The zero-order chi connectivity index (χ0) is 24.2. The Morgan fingerprint density at radius 2 is 1.54 bits per heavy atom. The van der Waals surface area contributed by atoms with Crippen LogP contribution < -0.4 is 10.2 Å². The highest BCUT2D eigenvalue weighted by atomic mass is 32.2. The molecule has 0 saturated carbocycles. The van der Waals surface area contributed by atoms with Gasteiger partial charge in [0.2, 0.25) is 17.0 Å². The monoisotopic (exact) mass is 481 g/mol. The van der Waals surface area contributed by atoms with Crippen molar-refractivity contribution in [2.75, 3.05) is 16.0 Å². The molecule has 7 nitrogen and oxygen atoms in total. The van der Waals surface area contributed by atoms with Gasteiger partial charge in [-0.2, -0.15) is 0 Å². The standard InChI is InChI=1S/C27H23N5O2S/c1-18-16-23(33)28-21-14-8-9-15-22(21)32(18)24(34)17-35-27-29-25(19-10-4-2-5-11-19)26(30-31-27)20-12-6-3-7-13-20/h2-15,18H,16-17H2,1H3,(H,28,33). The van der Waals surface area contributed by atoms with Gasteiger partial charge in [0.1, 0.15) is 11.4 Å². The largest absolute Gasteiger partial charge is 0.324 e. The Balaban J connectivity index is 1.42. The first-order valence-corrected chi connectivity index (χ1v) is 12.3. The van der Waals surface area contributed by atoms with Gasteiger partial charge in [0.15, 0.2) is 0 Å². The Morgan fingerprint density at radius 3 is 2.26 bits per heavy atom. The van der Waals surface area contributed by atoms with Gasteiger partial charge >= 0.3 is 0 Å². The average molecular weight is 482 g/mol. The van der Waals surface area contributed by atoms with E-state index in [2.05, 4.69) is 15.5 Å². The minimum absolute atomic E-state index is 0.107. The van der Waals surface area contributed by atoms with Crippen LogP contribution >= 0.6 is 11.8 Å². The summed E-state index contributed by atoms with van der Waals surface area (Å²) in [6.45, 7) is 1.88. The maximum Gasteiger partial charge on any atom is 0.237 e. The third-order valence-electron chi connectivity index (χ3n) is 5.71. The number of para-hydroxylation sites is 2. The highest BCUT2D eigenvalue weighted by Crippen LogP contribution is 2.33.